The normalized spacial score (nSPS) is 34.8. The zero-order valence-corrected chi connectivity index (χ0v) is 12.8. The van der Waals surface area contributed by atoms with E-state index in [1.807, 2.05) is 0 Å². The average Bonchev–Trinajstić information content (AvgIpc) is 3.10. The molecule has 2 fully saturated rings. The van der Waals surface area contributed by atoms with Gasteiger partial charge in [0.15, 0.2) is 0 Å². The molecule has 0 aromatic carbocycles. The van der Waals surface area contributed by atoms with E-state index in [1.54, 1.807) is 0 Å². The van der Waals surface area contributed by atoms with Crippen LogP contribution < -0.4 is 5.32 Å². The smallest absolute Gasteiger partial charge is 0.0330 e. The average molecular weight is 252 g/mol. The van der Waals surface area contributed by atoms with Crippen molar-refractivity contribution in [3.63, 3.8) is 0 Å². The van der Waals surface area contributed by atoms with E-state index in [0.717, 1.165) is 11.8 Å². The third-order valence-electron chi connectivity index (χ3n) is 5.18. The fraction of sp³-hybridized carbons (Fsp3) is 1.00. The summed E-state index contributed by atoms with van der Waals surface area (Å²) < 4.78 is 0. The minimum absolute atomic E-state index is 0.412. The van der Waals surface area contributed by atoms with Crippen LogP contribution in [0.15, 0.2) is 0 Å². The Bertz CT molecular complexity index is 260. The second-order valence-electron chi connectivity index (χ2n) is 7.28. The minimum atomic E-state index is 0.412. The summed E-state index contributed by atoms with van der Waals surface area (Å²) in [6, 6.07) is 0.701. The van der Waals surface area contributed by atoms with Gasteiger partial charge in [0.05, 0.1) is 0 Å². The third-order valence-corrected chi connectivity index (χ3v) is 5.18. The lowest BCUT2D eigenvalue weighted by Crippen LogP contribution is -2.55. The van der Waals surface area contributed by atoms with Gasteiger partial charge in [0.1, 0.15) is 0 Å². The highest BCUT2D eigenvalue weighted by Crippen LogP contribution is 2.36. The molecule has 0 aromatic heterocycles. The Kier molecular flexibility index (Phi) is 4.71. The second kappa shape index (κ2) is 5.92. The summed E-state index contributed by atoms with van der Waals surface area (Å²) in [6.45, 7) is 5.97. The highest BCUT2D eigenvalue weighted by Gasteiger charge is 2.37. The maximum absolute atomic E-state index is 3.82. The summed E-state index contributed by atoms with van der Waals surface area (Å²) in [7, 11) is 4.54. The van der Waals surface area contributed by atoms with Crippen LogP contribution in [0.5, 0.6) is 0 Å². The molecule has 106 valence electrons. The molecule has 3 atom stereocenters. The highest BCUT2D eigenvalue weighted by molar-refractivity contribution is 4.95. The molecule has 2 nitrogen and oxygen atoms in total. The molecule has 18 heavy (non-hydrogen) atoms. The first kappa shape index (κ1) is 14.3. The van der Waals surface area contributed by atoms with Crippen molar-refractivity contribution in [2.75, 3.05) is 20.6 Å². The first-order chi connectivity index (χ1) is 8.52. The van der Waals surface area contributed by atoms with E-state index in [-0.39, 0.29) is 0 Å². The van der Waals surface area contributed by atoms with Crippen LogP contribution >= 0.6 is 0 Å². The van der Waals surface area contributed by atoms with Crippen molar-refractivity contribution >= 4 is 0 Å². The first-order valence-electron chi connectivity index (χ1n) is 7.93. The molecule has 3 unspecified atom stereocenters. The number of hydrogen-bond donors (Lipinski definition) is 1. The van der Waals surface area contributed by atoms with E-state index in [1.165, 1.54) is 51.5 Å². The van der Waals surface area contributed by atoms with Crippen molar-refractivity contribution in [1.29, 1.82) is 0 Å². The summed E-state index contributed by atoms with van der Waals surface area (Å²) in [4.78, 5) is 2.49. The fourth-order valence-electron chi connectivity index (χ4n) is 3.66. The van der Waals surface area contributed by atoms with Gasteiger partial charge in [0.2, 0.25) is 0 Å². The van der Waals surface area contributed by atoms with Crippen LogP contribution in [0, 0.1) is 11.8 Å². The molecule has 2 aliphatic rings. The van der Waals surface area contributed by atoms with Crippen molar-refractivity contribution in [1.82, 2.24) is 10.2 Å². The Morgan fingerprint density at radius 3 is 2.56 bits per heavy atom. The molecule has 0 heterocycles. The first-order valence-corrected chi connectivity index (χ1v) is 7.93. The summed E-state index contributed by atoms with van der Waals surface area (Å²) in [5.74, 6) is 1.93. The zero-order chi connectivity index (χ0) is 13.2. The van der Waals surface area contributed by atoms with Gasteiger partial charge in [-0.1, -0.05) is 32.6 Å². The number of rotatable bonds is 6. The maximum Gasteiger partial charge on any atom is 0.0330 e. The van der Waals surface area contributed by atoms with Crippen LogP contribution in [0.3, 0.4) is 0 Å². The van der Waals surface area contributed by atoms with E-state index in [4.69, 9.17) is 0 Å². The Labute approximate surface area is 114 Å². The fourth-order valence-corrected chi connectivity index (χ4v) is 3.66. The van der Waals surface area contributed by atoms with Gasteiger partial charge in [-0.3, -0.25) is 0 Å². The van der Waals surface area contributed by atoms with Gasteiger partial charge >= 0.3 is 0 Å². The monoisotopic (exact) mass is 252 g/mol. The standard InChI is InChI=1S/C16H32N2/c1-13-6-5-9-16(11-13,18(3)4)12-17-14(2)10-15-7-8-15/h13-15,17H,5-12H2,1-4H3. The van der Waals surface area contributed by atoms with Gasteiger partial charge in [-0.2, -0.15) is 0 Å². The van der Waals surface area contributed by atoms with Crippen molar-refractivity contribution < 1.29 is 0 Å². The van der Waals surface area contributed by atoms with Crippen LogP contribution in [0.4, 0.5) is 0 Å². The van der Waals surface area contributed by atoms with Crippen LogP contribution in [0.1, 0.15) is 58.8 Å². The molecule has 1 N–H and O–H groups in total. The number of likely N-dealkylation sites (N-methyl/N-ethyl adjacent to an activating group) is 1. The van der Waals surface area contributed by atoms with Gasteiger partial charge < -0.3 is 10.2 Å². The zero-order valence-electron chi connectivity index (χ0n) is 12.8. The molecule has 2 aliphatic carbocycles. The Hall–Kier alpha value is -0.0800. The quantitative estimate of drug-likeness (QED) is 0.780. The van der Waals surface area contributed by atoms with Crippen LogP contribution in [0.2, 0.25) is 0 Å². The van der Waals surface area contributed by atoms with Crippen LogP contribution in [0.25, 0.3) is 0 Å². The largest absolute Gasteiger partial charge is 0.312 e. The second-order valence-corrected chi connectivity index (χ2v) is 7.28. The van der Waals surface area contributed by atoms with Crippen LogP contribution in [-0.2, 0) is 0 Å². The molecular weight excluding hydrogens is 220 g/mol. The summed E-state index contributed by atoms with van der Waals surface area (Å²) in [6.07, 6.45) is 9.89. The van der Waals surface area contributed by atoms with E-state index in [0.29, 0.717) is 11.6 Å². The van der Waals surface area contributed by atoms with Gasteiger partial charge in [0.25, 0.3) is 0 Å². The third kappa shape index (κ3) is 3.71. The molecule has 0 aliphatic heterocycles. The Balaban J connectivity index is 1.84. The molecule has 0 saturated heterocycles. The lowest BCUT2D eigenvalue weighted by atomic mass is 9.75. The van der Waals surface area contributed by atoms with Crippen molar-refractivity contribution in [2.45, 2.75) is 70.4 Å². The van der Waals surface area contributed by atoms with Gasteiger partial charge in [-0.15, -0.1) is 0 Å². The van der Waals surface area contributed by atoms with E-state index in [2.05, 4.69) is 38.2 Å². The minimum Gasteiger partial charge on any atom is -0.312 e. The molecule has 0 amide bonds. The topological polar surface area (TPSA) is 15.3 Å². The lowest BCUT2D eigenvalue weighted by molar-refractivity contribution is 0.0723. The Morgan fingerprint density at radius 2 is 2.00 bits per heavy atom. The molecule has 2 heteroatoms. The van der Waals surface area contributed by atoms with E-state index < -0.39 is 0 Å². The molecular formula is C16H32N2. The molecule has 0 radical (unpaired) electrons. The van der Waals surface area contributed by atoms with E-state index in [9.17, 15) is 0 Å². The summed E-state index contributed by atoms with van der Waals surface area (Å²) in [5.41, 5.74) is 0.412. The molecule has 0 aromatic rings. The predicted molar refractivity (Wildman–Crippen MR) is 78.9 cm³/mol. The van der Waals surface area contributed by atoms with Gasteiger partial charge in [-0.05, 0) is 52.1 Å². The maximum atomic E-state index is 3.82. The number of nitrogens with one attached hydrogen (secondary N) is 1. The van der Waals surface area contributed by atoms with E-state index >= 15 is 0 Å². The van der Waals surface area contributed by atoms with Crippen molar-refractivity contribution in [3.8, 4) is 0 Å². The van der Waals surface area contributed by atoms with Gasteiger partial charge in [-0.25, -0.2) is 0 Å². The lowest BCUT2D eigenvalue weighted by Gasteiger charge is -2.46. The number of hydrogen-bond acceptors (Lipinski definition) is 2. The highest BCUT2D eigenvalue weighted by atomic mass is 15.2. The molecule has 0 spiro atoms. The van der Waals surface area contributed by atoms with Gasteiger partial charge in [0, 0.05) is 18.1 Å². The summed E-state index contributed by atoms with van der Waals surface area (Å²) >= 11 is 0. The summed E-state index contributed by atoms with van der Waals surface area (Å²) in [5, 5.41) is 3.82. The van der Waals surface area contributed by atoms with Crippen molar-refractivity contribution in [3.05, 3.63) is 0 Å². The SMILES string of the molecule is CC1CCCC(CNC(C)CC2CC2)(N(C)C)C1. The molecule has 2 rings (SSSR count). The van der Waals surface area contributed by atoms with Crippen LogP contribution in [-0.4, -0.2) is 37.1 Å². The number of nitrogens with zero attached hydrogens (tertiary/aromatic N) is 1. The predicted octanol–water partition coefficient (Wildman–Crippen LogP) is 3.28. The molecule has 2 saturated carbocycles. The Morgan fingerprint density at radius 1 is 1.28 bits per heavy atom. The van der Waals surface area contributed by atoms with Crippen molar-refractivity contribution in [2.24, 2.45) is 11.8 Å². The molecule has 0 bridgehead atoms.